The van der Waals surface area contributed by atoms with Crippen molar-refractivity contribution in [1.82, 2.24) is 4.90 Å². The van der Waals surface area contributed by atoms with Crippen LogP contribution in [0.3, 0.4) is 0 Å². The maximum absolute atomic E-state index is 9.61. The predicted molar refractivity (Wildman–Crippen MR) is 106 cm³/mol. The number of hydrogen-bond donors (Lipinski definition) is 2. The Balaban J connectivity index is 1.49. The molecule has 1 saturated heterocycles. The molecule has 1 heterocycles. The lowest BCUT2D eigenvalue weighted by atomic mass is 10.1. The zero-order chi connectivity index (χ0) is 18.2. The molecule has 3 rings (SSSR count). The molecule has 1 aliphatic rings. The van der Waals surface area contributed by atoms with Crippen LogP contribution < -0.4 is 5.32 Å². The zero-order valence-electron chi connectivity index (χ0n) is 14.9. The third-order valence-corrected chi connectivity index (χ3v) is 4.66. The predicted octanol–water partition coefficient (Wildman–Crippen LogP) is 3.64. The molecule has 0 amide bonds. The molecule has 26 heavy (non-hydrogen) atoms. The van der Waals surface area contributed by atoms with Crippen LogP contribution in [0.25, 0.3) is 6.08 Å². The highest BCUT2D eigenvalue weighted by atomic mass is 16.3. The summed E-state index contributed by atoms with van der Waals surface area (Å²) < 4.78 is 0. The van der Waals surface area contributed by atoms with Crippen molar-refractivity contribution < 1.29 is 5.11 Å². The molecule has 0 saturated carbocycles. The van der Waals surface area contributed by atoms with Crippen molar-refractivity contribution >= 4 is 11.8 Å². The number of aliphatic hydroxyl groups is 1. The summed E-state index contributed by atoms with van der Waals surface area (Å²) in [5.74, 6) is 0. The number of rotatable bonds is 6. The monoisotopic (exact) mass is 347 g/mol. The Morgan fingerprint density at radius 1 is 1.15 bits per heavy atom. The smallest absolute Gasteiger partial charge is 0.0991 e. The minimum absolute atomic E-state index is 0.123. The van der Waals surface area contributed by atoms with Gasteiger partial charge in [0.2, 0.25) is 0 Å². The first-order valence-electron chi connectivity index (χ1n) is 9.13. The standard InChI is InChI=1S/C22H25N3O/c23-16-19-8-6-18(7-9-19)4-2-12-24-21-5-1-3-20(15-21)17-25-13-10-22(26)11-14-25/h1-9,15,22,24,26H,10-14,17H2. The minimum Gasteiger partial charge on any atom is -0.393 e. The molecule has 2 aromatic carbocycles. The summed E-state index contributed by atoms with van der Waals surface area (Å²) in [5.41, 5.74) is 4.18. The molecule has 0 aliphatic carbocycles. The molecule has 2 N–H and O–H groups in total. The number of likely N-dealkylation sites (tertiary alicyclic amines) is 1. The summed E-state index contributed by atoms with van der Waals surface area (Å²) in [7, 11) is 0. The van der Waals surface area contributed by atoms with Gasteiger partial charge in [0.05, 0.1) is 17.7 Å². The van der Waals surface area contributed by atoms with E-state index in [0.717, 1.165) is 50.3 Å². The van der Waals surface area contributed by atoms with Crippen LogP contribution >= 0.6 is 0 Å². The molecule has 0 spiro atoms. The van der Waals surface area contributed by atoms with E-state index in [4.69, 9.17) is 5.26 Å². The van der Waals surface area contributed by atoms with E-state index in [-0.39, 0.29) is 6.10 Å². The normalized spacial score (nSPS) is 15.8. The fraction of sp³-hybridized carbons (Fsp3) is 0.318. The van der Waals surface area contributed by atoms with Gasteiger partial charge in [-0.25, -0.2) is 0 Å². The van der Waals surface area contributed by atoms with Gasteiger partial charge in [-0.05, 0) is 48.2 Å². The summed E-state index contributed by atoms with van der Waals surface area (Å²) in [5, 5.41) is 21.8. The Morgan fingerprint density at radius 2 is 1.92 bits per heavy atom. The van der Waals surface area contributed by atoms with Gasteiger partial charge in [0.15, 0.2) is 0 Å². The molecule has 0 atom stereocenters. The van der Waals surface area contributed by atoms with Crippen molar-refractivity contribution in [2.75, 3.05) is 25.0 Å². The van der Waals surface area contributed by atoms with Crippen LogP contribution in [0.5, 0.6) is 0 Å². The SMILES string of the molecule is N#Cc1ccc(C=CCNc2cccc(CN3CCC(O)CC3)c2)cc1. The van der Waals surface area contributed by atoms with E-state index in [1.807, 2.05) is 24.3 Å². The first-order chi connectivity index (χ1) is 12.7. The number of nitrogens with one attached hydrogen (secondary N) is 1. The van der Waals surface area contributed by atoms with Gasteiger partial charge >= 0.3 is 0 Å². The van der Waals surface area contributed by atoms with Gasteiger partial charge in [-0.2, -0.15) is 5.26 Å². The van der Waals surface area contributed by atoms with Gasteiger partial charge in [0.25, 0.3) is 0 Å². The average molecular weight is 347 g/mol. The van der Waals surface area contributed by atoms with Crippen LogP contribution in [0, 0.1) is 11.3 Å². The number of anilines is 1. The number of nitrogens with zero attached hydrogens (tertiary/aromatic N) is 2. The topological polar surface area (TPSA) is 59.3 Å². The number of nitriles is 1. The minimum atomic E-state index is -0.123. The van der Waals surface area contributed by atoms with Crippen molar-refractivity contribution in [3.05, 3.63) is 71.3 Å². The van der Waals surface area contributed by atoms with E-state index < -0.39 is 0 Å². The molecule has 4 nitrogen and oxygen atoms in total. The van der Waals surface area contributed by atoms with E-state index in [9.17, 15) is 5.11 Å². The van der Waals surface area contributed by atoms with Crippen LogP contribution in [-0.2, 0) is 6.54 Å². The lowest BCUT2D eigenvalue weighted by Crippen LogP contribution is -2.35. The van der Waals surface area contributed by atoms with E-state index in [0.29, 0.717) is 5.56 Å². The van der Waals surface area contributed by atoms with Crippen LogP contribution in [0.4, 0.5) is 5.69 Å². The molecular formula is C22H25N3O. The lowest BCUT2D eigenvalue weighted by molar-refractivity contribution is 0.0792. The van der Waals surface area contributed by atoms with Gasteiger partial charge in [-0.1, -0.05) is 36.4 Å². The number of hydrogen-bond acceptors (Lipinski definition) is 4. The van der Waals surface area contributed by atoms with Crippen LogP contribution in [0.1, 0.15) is 29.5 Å². The van der Waals surface area contributed by atoms with Gasteiger partial charge < -0.3 is 10.4 Å². The number of benzene rings is 2. The highest BCUT2D eigenvalue weighted by Crippen LogP contribution is 2.16. The number of aliphatic hydroxyl groups excluding tert-OH is 1. The average Bonchev–Trinajstić information content (AvgIpc) is 2.68. The Hall–Kier alpha value is -2.61. The molecule has 1 aliphatic heterocycles. The molecule has 0 bridgehead atoms. The lowest BCUT2D eigenvalue weighted by Gasteiger charge is -2.29. The van der Waals surface area contributed by atoms with E-state index in [1.54, 1.807) is 0 Å². The summed E-state index contributed by atoms with van der Waals surface area (Å²) >= 11 is 0. The highest BCUT2D eigenvalue weighted by molar-refractivity contribution is 5.53. The van der Waals surface area contributed by atoms with E-state index in [1.165, 1.54) is 5.56 Å². The van der Waals surface area contributed by atoms with Gasteiger partial charge in [-0.3, -0.25) is 4.90 Å². The second-order valence-corrected chi connectivity index (χ2v) is 6.72. The second-order valence-electron chi connectivity index (χ2n) is 6.72. The first-order valence-corrected chi connectivity index (χ1v) is 9.13. The maximum Gasteiger partial charge on any atom is 0.0991 e. The molecule has 0 unspecified atom stereocenters. The molecular weight excluding hydrogens is 322 g/mol. The quantitative estimate of drug-likeness (QED) is 0.837. The molecule has 4 heteroatoms. The van der Waals surface area contributed by atoms with Crippen molar-refractivity contribution in [3.63, 3.8) is 0 Å². The van der Waals surface area contributed by atoms with Crippen LogP contribution in [0.2, 0.25) is 0 Å². The largest absolute Gasteiger partial charge is 0.393 e. The van der Waals surface area contributed by atoms with Crippen LogP contribution in [0.15, 0.2) is 54.6 Å². The van der Waals surface area contributed by atoms with Gasteiger partial charge in [0, 0.05) is 31.9 Å². The molecule has 1 fully saturated rings. The van der Waals surface area contributed by atoms with Gasteiger partial charge in [0.1, 0.15) is 0 Å². The van der Waals surface area contributed by atoms with Crippen molar-refractivity contribution in [2.24, 2.45) is 0 Å². The van der Waals surface area contributed by atoms with Crippen molar-refractivity contribution in [1.29, 1.82) is 5.26 Å². The highest BCUT2D eigenvalue weighted by Gasteiger charge is 2.16. The maximum atomic E-state index is 9.61. The molecule has 0 aromatic heterocycles. The molecule has 0 radical (unpaired) electrons. The van der Waals surface area contributed by atoms with Crippen LogP contribution in [-0.4, -0.2) is 35.7 Å². The fourth-order valence-electron chi connectivity index (χ4n) is 3.16. The Morgan fingerprint density at radius 3 is 2.65 bits per heavy atom. The second kappa shape index (κ2) is 9.19. The summed E-state index contributed by atoms with van der Waals surface area (Å²) in [4.78, 5) is 2.40. The molecule has 134 valence electrons. The summed E-state index contributed by atoms with van der Waals surface area (Å²) in [6, 6.07) is 18.2. The fourth-order valence-corrected chi connectivity index (χ4v) is 3.16. The summed E-state index contributed by atoms with van der Waals surface area (Å²) in [6.45, 7) is 3.61. The van der Waals surface area contributed by atoms with Crippen molar-refractivity contribution in [3.8, 4) is 6.07 Å². The third-order valence-electron chi connectivity index (χ3n) is 4.66. The third kappa shape index (κ3) is 5.45. The molecule has 2 aromatic rings. The van der Waals surface area contributed by atoms with Crippen molar-refractivity contribution in [2.45, 2.75) is 25.5 Å². The Bertz CT molecular complexity index is 769. The van der Waals surface area contributed by atoms with E-state index >= 15 is 0 Å². The van der Waals surface area contributed by atoms with E-state index in [2.05, 4.69) is 52.7 Å². The Labute approximate surface area is 155 Å². The zero-order valence-corrected chi connectivity index (χ0v) is 14.9. The first kappa shape index (κ1) is 18.2. The Kier molecular flexibility index (Phi) is 6.43. The van der Waals surface area contributed by atoms with Gasteiger partial charge in [-0.15, -0.1) is 0 Å². The summed E-state index contributed by atoms with van der Waals surface area (Å²) in [6.07, 6.45) is 5.76. The number of piperidine rings is 1.